The van der Waals surface area contributed by atoms with Crippen LogP contribution >= 0.6 is 0 Å². The molecule has 0 aliphatic rings. The van der Waals surface area contributed by atoms with Gasteiger partial charge in [-0.2, -0.15) is 0 Å². The number of aryl methyl sites for hydroxylation is 1. The third-order valence-electron chi connectivity index (χ3n) is 3.05. The van der Waals surface area contributed by atoms with Crippen LogP contribution in [0, 0.1) is 6.92 Å². The SMILES string of the molecule is CCNC(CC)c1ccccc1Oc1cc(C)[nH]n1. The maximum absolute atomic E-state index is 5.88. The third-order valence-corrected chi connectivity index (χ3v) is 3.05. The molecule has 0 aliphatic carbocycles. The van der Waals surface area contributed by atoms with Crippen LogP contribution in [-0.2, 0) is 0 Å². The van der Waals surface area contributed by atoms with Crippen LogP contribution in [0.5, 0.6) is 11.6 Å². The first-order valence-electron chi connectivity index (χ1n) is 6.76. The molecule has 0 amide bonds. The second-order valence-electron chi connectivity index (χ2n) is 4.55. The fraction of sp³-hybridized carbons (Fsp3) is 0.400. The number of para-hydroxylation sites is 1. The van der Waals surface area contributed by atoms with E-state index < -0.39 is 0 Å². The summed E-state index contributed by atoms with van der Waals surface area (Å²) in [6.45, 7) is 7.18. The van der Waals surface area contributed by atoms with Crippen LogP contribution in [0.4, 0.5) is 0 Å². The van der Waals surface area contributed by atoms with Crippen LogP contribution in [-0.4, -0.2) is 16.7 Å². The van der Waals surface area contributed by atoms with Crippen LogP contribution in [0.15, 0.2) is 30.3 Å². The maximum Gasteiger partial charge on any atom is 0.238 e. The maximum atomic E-state index is 5.88. The zero-order valence-corrected chi connectivity index (χ0v) is 11.7. The third kappa shape index (κ3) is 3.35. The van der Waals surface area contributed by atoms with E-state index in [4.69, 9.17) is 4.74 Å². The molecular formula is C15H21N3O. The molecule has 1 atom stereocenters. The molecule has 1 aromatic carbocycles. The first-order chi connectivity index (χ1) is 9.24. The number of benzene rings is 1. The minimum Gasteiger partial charge on any atom is -0.437 e. The number of hydrogen-bond acceptors (Lipinski definition) is 3. The molecule has 19 heavy (non-hydrogen) atoms. The van der Waals surface area contributed by atoms with Crippen molar-refractivity contribution in [2.75, 3.05) is 6.54 Å². The molecular weight excluding hydrogens is 238 g/mol. The van der Waals surface area contributed by atoms with Crippen LogP contribution in [0.1, 0.15) is 37.6 Å². The monoisotopic (exact) mass is 259 g/mol. The number of H-pyrrole nitrogens is 1. The fourth-order valence-corrected chi connectivity index (χ4v) is 2.14. The van der Waals surface area contributed by atoms with Crippen molar-refractivity contribution >= 4 is 0 Å². The van der Waals surface area contributed by atoms with Crippen molar-refractivity contribution in [2.24, 2.45) is 0 Å². The van der Waals surface area contributed by atoms with Gasteiger partial charge in [-0.1, -0.05) is 32.0 Å². The molecule has 1 aromatic heterocycles. The number of aromatic nitrogens is 2. The summed E-state index contributed by atoms with van der Waals surface area (Å²) in [5, 5.41) is 10.5. The summed E-state index contributed by atoms with van der Waals surface area (Å²) in [6, 6.07) is 10.3. The summed E-state index contributed by atoms with van der Waals surface area (Å²) in [7, 11) is 0. The second-order valence-corrected chi connectivity index (χ2v) is 4.55. The van der Waals surface area contributed by atoms with Gasteiger partial charge in [0.15, 0.2) is 0 Å². The van der Waals surface area contributed by atoms with E-state index in [0.29, 0.717) is 11.9 Å². The number of ether oxygens (including phenoxy) is 1. The van der Waals surface area contributed by atoms with Crippen LogP contribution < -0.4 is 10.1 Å². The molecule has 4 heteroatoms. The number of nitrogens with one attached hydrogen (secondary N) is 2. The van der Waals surface area contributed by atoms with Crippen LogP contribution in [0.25, 0.3) is 0 Å². The Morgan fingerprint density at radius 3 is 2.74 bits per heavy atom. The zero-order valence-electron chi connectivity index (χ0n) is 11.7. The molecule has 1 heterocycles. The smallest absolute Gasteiger partial charge is 0.238 e. The number of aromatic amines is 1. The standard InChI is InChI=1S/C15H21N3O/c1-4-13(16-5-2)12-8-6-7-9-14(12)19-15-10-11(3)17-18-15/h6-10,13,16H,4-5H2,1-3H3,(H,17,18). The Hall–Kier alpha value is -1.81. The lowest BCUT2D eigenvalue weighted by atomic mass is 10.0. The highest BCUT2D eigenvalue weighted by atomic mass is 16.5. The van der Waals surface area contributed by atoms with Gasteiger partial charge in [-0.3, -0.25) is 5.10 Å². The van der Waals surface area contributed by atoms with Crippen molar-refractivity contribution in [3.8, 4) is 11.6 Å². The molecule has 0 fully saturated rings. The fourth-order valence-electron chi connectivity index (χ4n) is 2.14. The van der Waals surface area contributed by atoms with Gasteiger partial charge in [0.2, 0.25) is 5.88 Å². The lowest BCUT2D eigenvalue weighted by molar-refractivity contribution is 0.438. The van der Waals surface area contributed by atoms with Crippen molar-refractivity contribution in [1.82, 2.24) is 15.5 Å². The highest BCUT2D eigenvalue weighted by molar-refractivity contribution is 5.38. The largest absolute Gasteiger partial charge is 0.437 e. The van der Waals surface area contributed by atoms with Gasteiger partial charge >= 0.3 is 0 Å². The molecule has 4 nitrogen and oxygen atoms in total. The van der Waals surface area contributed by atoms with Gasteiger partial charge in [0, 0.05) is 23.4 Å². The Balaban J connectivity index is 2.24. The Bertz CT molecular complexity index is 522. The second kappa shape index (κ2) is 6.38. The van der Waals surface area contributed by atoms with Gasteiger partial charge < -0.3 is 10.1 Å². The van der Waals surface area contributed by atoms with Crippen molar-refractivity contribution in [3.63, 3.8) is 0 Å². The summed E-state index contributed by atoms with van der Waals surface area (Å²) in [4.78, 5) is 0. The van der Waals surface area contributed by atoms with Crippen LogP contribution in [0.3, 0.4) is 0 Å². The predicted molar refractivity (Wildman–Crippen MR) is 76.5 cm³/mol. The minimum atomic E-state index is 0.307. The van der Waals surface area contributed by atoms with E-state index >= 15 is 0 Å². The first kappa shape index (κ1) is 13.6. The highest BCUT2D eigenvalue weighted by Crippen LogP contribution is 2.30. The highest BCUT2D eigenvalue weighted by Gasteiger charge is 2.14. The van der Waals surface area contributed by atoms with E-state index in [2.05, 4.69) is 35.4 Å². The van der Waals surface area contributed by atoms with E-state index in [9.17, 15) is 0 Å². The van der Waals surface area contributed by atoms with E-state index in [1.165, 1.54) is 5.56 Å². The van der Waals surface area contributed by atoms with Gasteiger partial charge in [0.25, 0.3) is 0 Å². The lowest BCUT2D eigenvalue weighted by Crippen LogP contribution is -2.20. The summed E-state index contributed by atoms with van der Waals surface area (Å²) < 4.78 is 5.88. The van der Waals surface area contributed by atoms with Gasteiger partial charge in [0.1, 0.15) is 5.75 Å². The predicted octanol–water partition coefficient (Wildman–Crippen LogP) is 3.57. The normalized spacial score (nSPS) is 12.4. The van der Waals surface area contributed by atoms with Gasteiger partial charge in [-0.15, -0.1) is 5.10 Å². The molecule has 0 radical (unpaired) electrons. The van der Waals surface area contributed by atoms with Gasteiger partial charge in [-0.25, -0.2) is 0 Å². The first-order valence-corrected chi connectivity index (χ1v) is 6.76. The molecule has 2 aromatic rings. The molecule has 1 unspecified atom stereocenters. The van der Waals surface area contributed by atoms with E-state index in [0.717, 1.165) is 24.4 Å². The molecule has 2 rings (SSSR count). The average Bonchev–Trinajstić information content (AvgIpc) is 2.82. The molecule has 102 valence electrons. The summed E-state index contributed by atoms with van der Waals surface area (Å²) in [6.07, 6.45) is 1.02. The average molecular weight is 259 g/mol. The van der Waals surface area contributed by atoms with Crippen molar-refractivity contribution in [3.05, 3.63) is 41.6 Å². The number of rotatable bonds is 6. The zero-order chi connectivity index (χ0) is 13.7. The van der Waals surface area contributed by atoms with Crippen molar-refractivity contribution in [2.45, 2.75) is 33.2 Å². The quantitative estimate of drug-likeness (QED) is 0.833. The Labute approximate surface area is 114 Å². The van der Waals surface area contributed by atoms with Gasteiger partial charge in [0.05, 0.1) is 0 Å². The molecule has 0 saturated heterocycles. The Morgan fingerprint density at radius 2 is 2.11 bits per heavy atom. The summed E-state index contributed by atoms with van der Waals surface area (Å²) in [5.74, 6) is 1.47. The number of hydrogen-bond donors (Lipinski definition) is 2. The Kier molecular flexibility index (Phi) is 4.58. The molecule has 0 spiro atoms. The van der Waals surface area contributed by atoms with Crippen molar-refractivity contribution in [1.29, 1.82) is 0 Å². The van der Waals surface area contributed by atoms with E-state index in [-0.39, 0.29) is 0 Å². The van der Waals surface area contributed by atoms with Crippen LogP contribution in [0.2, 0.25) is 0 Å². The summed E-state index contributed by atoms with van der Waals surface area (Å²) in [5.41, 5.74) is 2.17. The minimum absolute atomic E-state index is 0.307. The number of nitrogens with zero attached hydrogens (tertiary/aromatic N) is 1. The lowest BCUT2D eigenvalue weighted by Gasteiger charge is -2.19. The molecule has 0 aliphatic heterocycles. The molecule has 2 N–H and O–H groups in total. The molecule has 0 bridgehead atoms. The Morgan fingerprint density at radius 1 is 1.32 bits per heavy atom. The summed E-state index contributed by atoms with van der Waals surface area (Å²) >= 11 is 0. The van der Waals surface area contributed by atoms with E-state index in [1.54, 1.807) is 0 Å². The van der Waals surface area contributed by atoms with E-state index in [1.807, 2.05) is 31.2 Å². The van der Waals surface area contributed by atoms with Crippen molar-refractivity contribution < 1.29 is 4.74 Å². The van der Waals surface area contributed by atoms with Gasteiger partial charge in [-0.05, 0) is 26.0 Å². The topological polar surface area (TPSA) is 49.9 Å². The molecule has 0 saturated carbocycles.